The highest BCUT2D eigenvalue weighted by Gasteiger charge is 2.24. The summed E-state index contributed by atoms with van der Waals surface area (Å²) in [6.07, 6.45) is 2.33. The second kappa shape index (κ2) is 5.55. The number of nitrogens with zero attached hydrogens (tertiary/aromatic N) is 1. The number of methoxy groups -OCH3 is 1. The molecule has 0 aliphatic heterocycles. The molecule has 0 bridgehead atoms. The summed E-state index contributed by atoms with van der Waals surface area (Å²) in [4.78, 5) is 0. The van der Waals surface area contributed by atoms with E-state index in [2.05, 4.69) is 11.4 Å². The molecule has 17 heavy (non-hydrogen) atoms. The van der Waals surface area contributed by atoms with Gasteiger partial charge in [-0.1, -0.05) is 6.07 Å². The lowest BCUT2D eigenvalue weighted by atomic mass is 10.3. The van der Waals surface area contributed by atoms with Crippen molar-refractivity contribution >= 4 is 0 Å². The second-order valence-corrected chi connectivity index (χ2v) is 4.11. The molecule has 1 saturated carbocycles. The zero-order valence-electron chi connectivity index (χ0n) is 9.85. The molecule has 1 unspecified atom stereocenters. The van der Waals surface area contributed by atoms with E-state index in [0.717, 1.165) is 24.3 Å². The molecule has 0 amide bonds. The lowest BCUT2D eigenvalue weighted by Gasteiger charge is -2.12. The maximum Gasteiger partial charge on any atom is 0.130 e. The second-order valence-electron chi connectivity index (χ2n) is 4.11. The summed E-state index contributed by atoms with van der Waals surface area (Å²) in [6, 6.07) is 9.86. The molecule has 0 aromatic heterocycles. The molecule has 2 rings (SSSR count). The molecule has 1 aromatic carbocycles. The molecule has 0 saturated heterocycles. The van der Waals surface area contributed by atoms with Crippen LogP contribution in [-0.4, -0.2) is 25.8 Å². The smallest absolute Gasteiger partial charge is 0.130 e. The minimum atomic E-state index is -0.242. The van der Waals surface area contributed by atoms with Gasteiger partial charge in [-0.3, -0.25) is 5.32 Å². The van der Waals surface area contributed by atoms with Crippen molar-refractivity contribution in [1.82, 2.24) is 5.32 Å². The number of ether oxygens (including phenoxy) is 2. The van der Waals surface area contributed by atoms with Crippen LogP contribution in [-0.2, 0) is 0 Å². The van der Waals surface area contributed by atoms with Gasteiger partial charge in [0, 0.05) is 12.1 Å². The summed E-state index contributed by atoms with van der Waals surface area (Å²) in [6.45, 7) is 0.361. The van der Waals surface area contributed by atoms with Gasteiger partial charge in [-0.25, -0.2) is 0 Å². The molecule has 1 aliphatic rings. The summed E-state index contributed by atoms with van der Waals surface area (Å²) < 4.78 is 10.7. The van der Waals surface area contributed by atoms with E-state index in [1.807, 2.05) is 24.3 Å². The Labute approximate surface area is 101 Å². The summed E-state index contributed by atoms with van der Waals surface area (Å²) in [5, 5.41) is 12.2. The standard InChI is InChI=1S/C13H16N2O2/c1-16-12-3-2-4-13(7-12)17-9-11(8-14)15-10-5-6-10/h2-4,7,10-11,15H,5-6,9H2,1H3. The quantitative estimate of drug-likeness (QED) is 0.811. The Morgan fingerprint density at radius 1 is 1.47 bits per heavy atom. The average Bonchev–Trinajstić information content (AvgIpc) is 3.18. The zero-order valence-corrected chi connectivity index (χ0v) is 9.85. The molecule has 1 fully saturated rings. The number of hydrogen-bond donors (Lipinski definition) is 1. The lowest BCUT2D eigenvalue weighted by Crippen LogP contribution is -2.34. The molecule has 90 valence electrons. The highest BCUT2D eigenvalue weighted by molar-refractivity contribution is 5.32. The van der Waals surface area contributed by atoms with Gasteiger partial charge < -0.3 is 9.47 Å². The van der Waals surface area contributed by atoms with Crippen LogP contribution in [0.4, 0.5) is 0 Å². The third-order valence-corrected chi connectivity index (χ3v) is 2.63. The fourth-order valence-corrected chi connectivity index (χ4v) is 1.53. The predicted molar refractivity (Wildman–Crippen MR) is 64.0 cm³/mol. The first-order chi connectivity index (χ1) is 8.31. The first-order valence-electron chi connectivity index (χ1n) is 5.74. The van der Waals surface area contributed by atoms with E-state index < -0.39 is 0 Å². The van der Waals surface area contributed by atoms with Gasteiger partial charge >= 0.3 is 0 Å². The normalized spacial score (nSPS) is 16.0. The van der Waals surface area contributed by atoms with E-state index in [1.54, 1.807) is 7.11 Å². The zero-order chi connectivity index (χ0) is 12.1. The molecule has 0 heterocycles. The predicted octanol–water partition coefficient (Wildman–Crippen LogP) is 1.72. The van der Waals surface area contributed by atoms with Crippen molar-refractivity contribution in [2.75, 3.05) is 13.7 Å². The number of benzene rings is 1. The van der Waals surface area contributed by atoms with Crippen LogP contribution in [0.2, 0.25) is 0 Å². The molecule has 4 heteroatoms. The van der Waals surface area contributed by atoms with Crippen LogP contribution in [0.5, 0.6) is 11.5 Å². The maximum atomic E-state index is 8.96. The van der Waals surface area contributed by atoms with Crippen LogP contribution in [0.1, 0.15) is 12.8 Å². The number of hydrogen-bond acceptors (Lipinski definition) is 4. The van der Waals surface area contributed by atoms with Crippen molar-refractivity contribution in [2.24, 2.45) is 0 Å². The van der Waals surface area contributed by atoms with Crippen LogP contribution < -0.4 is 14.8 Å². The van der Waals surface area contributed by atoms with E-state index >= 15 is 0 Å². The monoisotopic (exact) mass is 232 g/mol. The fraction of sp³-hybridized carbons (Fsp3) is 0.462. The Bertz CT molecular complexity index is 410. The highest BCUT2D eigenvalue weighted by Crippen LogP contribution is 2.21. The number of nitriles is 1. The van der Waals surface area contributed by atoms with Gasteiger partial charge in [-0.15, -0.1) is 0 Å². The van der Waals surface area contributed by atoms with Crippen LogP contribution in [0.15, 0.2) is 24.3 Å². The molecular formula is C13H16N2O2. The van der Waals surface area contributed by atoms with E-state index in [4.69, 9.17) is 14.7 Å². The van der Waals surface area contributed by atoms with Crippen molar-refractivity contribution in [3.05, 3.63) is 24.3 Å². The molecule has 4 nitrogen and oxygen atoms in total. The van der Waals surface area contributed by atoms with E-state index in [0.29, 0.717) is 12.6 Å². The highest BCUT2D eigenvalue weighted by atomic mass is 16.5. The number of nitrogens with one attached hydrogen (secondary N) is 1. The van der Waals surface area contributed by atoms with Crippen molar-refractivity contribution < 1.29 is 9.47 Å². The van der Waals surface area contributed by atoms with Gasteiger partial charge in [0.2, 0.25) is 0 Å². The third kappa shape index (κ3) is 3.65. The third-order valence-electron chi connectivity index (χ3n) is 2.63. The van der Waals surface area contributed by atoms with Crippen LogP contribution >= 0.6 is 0 Å². The molecule has 1 aromatic rings. The molecule has 0 radical (unpaired) electrons. The molecule has 1 aliphatic carbocycles. The minimum absolute atomic E-state index is 0.242. The Morgan fingerprint density at radius 3 is 2.88 bits per heavy atom. The van der Waals surface area contributed by atoms with E-state index in [9.17, 15) is 0 Å². The summed E-state index contributed by atoms with van der Waals surface area (Å²) in [7, 11) is 1.62. The van der Waals surface area contributed by atoms with Crippen LogP contribution in [0, 0.1) is 11.3 Å². The Kier molecular flexibility index (Phi) is 3.84. The van der Waals surface area contributed by atoms with E-state index in [-0.39, 0.29) is 6.04 Å². The minimum Gasteiger partial charge on any atom is -0.497 e. The Balaban J connectivity index is 1.84. The molecular weight excluding hydrogens is 216 g/mol. The topological polar surface area (TPSA) is 54.3 Å². The van der Waals surface area contributed by atoms with Gasteiger partial charge in [-0.05, 0) is 25.0 Å². The number of rotatable bonds is 6. The largest absolute Gasteiger partial charge is 0.497 e. The average molecular weight is 232 g/mol. The summed E-state index contributed by atoms with van der Waals surface area (Å²) in [5.74, 6) is 1.48. The molecule has 1 N–H and O–H groups in total. The van der Waals surface area contributed by atoms with Gasteiger partial charge in [0.15, 0.2) is 0 Å². The molecule has 0 spiro atoms. The first kappa shape index (κ1) is 11.7. The van der Waals surface area contributed by atoms with Gasteiger partial charge in [0.1, 0.15) is 24.1 Å². The summed E-state index contributed by atoms with van der Waals surface area (Å²) >= 11 is 0. The Hall–Kier alpha value is -1.73. The molecule has 1 atom stereocenters. The van der Waals surface area contributed by atoms with Gasteiger partial charge in [-0.2, -0.15) is 5.26 Å². The summed E-state index contributed by atoms with van der Waals surface area (Å²) in [5.41, 5.74) is 0. The Morgan fingerprint density at radius 2 is 2.24 bits per heavy atom. The van der Waals surface area contributed by atoms with Gasteiger partial charge in [0.05, 0.1) is 13.2 Å². The van der Waals surface area contributed by atoms with Gasteiger partial charge in [0.25, 0.3) is 0 Å². The van der Waals surface area contributed by atoms with Crippen molar-refractivity contribution in [1.29, 1.82) is 5.26 Å². The van der Waals surface area contributed by atoms with Crippen molar-refractivity contribution in [3.8, 4) is 17.6 Å². The van der Waals surface area contributed by atoms with Crippen molar-refractivity contribution in [3.63, 3.8) is 0 Å². The first-order valence-corrected chi connectivity index (χ1v) is 5.74. The fourth-order valence-electron chi connectivity index (χ4n) is 1.53. The lowest BCUT2D eigenvalue weighted by molar-refractivity contribution is 0.286. The van der Waals surface area contributed by atoms with Crippen molar-refractivity contribution in [2.45, 2.75) is 24.9 Å². The van der Waals surface area contributed by atoms with Crippen LogP contribution in [0.3, 0.4) is 0 Å². The SMILES string of the molecule is COc1cccc(OCC(C#N)NC2CC2)c1. The van der Waals surface area contributed by atoms with E-state index in [1.165, 1.54) is 0 Å². The maximum absolute atomic E-state index is 8.96. The van der Waals surface area contributed by atoms with Crippen LogP contribution in [0.25, 0.3) is 0 Å².